The molecule has 0 saturated heterocycles. The molecule has 6 heteroatoms. The summed E-state index contributed by atoms with van der Waals surface area (Å²) >= 11 is 2.34. The van der Waals surface area contributed by atoms with Gasteiger partial charge >= 0.3 is 0 Å². The zero-order valence-corrected chi connectivity index (χ0v) is 23.5. The molecule has 1 heterocycles. The van der Waals surface area contributed by atoms with Crippen molar-refractivity contribution in [3.05, 3.63) is 98.6 Å². The topological polar surface area (TPSA) is 61.9 Å². The van der Waals surface area contributed by atoms with Crippen molar-refractivity contribution in [1.82, 2.24) is 9.80 Å². The summed E-state index contributed by atoms with van der Waals surface area (Å²) < 4.78 is 1.16. The van der Waals surface area contributed by atoms with Gasteiger partial charge in [0.1, 0.15) is 5.84 Å². The van der Waals surface area contributed by atoms with Crippen molar-refractivity contribution in [2.75, 3.05) is 13.1 Å². The Morgan fingerprint density at radius 1 is 1.08 bits per heavy atom. The molecule has 2 N–H and O–H groups in total. The fourth-order valence-corrected chi connectivity index (χ4v) is 5.21. The summed E-state index contributed by atoms with van der Waals surface area (Å²) in [5, 5.41) is 0. The number of nitrogens with two attached hydrogens (primary N) is 1. The first-order valence-corrected chi connectivity index (χ1v) is 13.7. The minimum Gasteiger partial charge on any atom is -0.350 e. The maximum absolute atomic E-state index is 13.9. The van der Waals surface area contributed by atoms with Gasteiger partial charge < -0.3 is 15.5 Å². The molecule has 0 saturated carbocycles. The van der Waals surface area contributed by atoms with Gasteiger partial charge in [-0.2, -0.15) is 0 Å². The molecule has 36 heavy (non-hydrogen) atoms. The molecular weight excluding hydrogens is 559 g/mol. The number of aryl methyl sites for hydroxylation is 1. The van der Waals surface area contributed by atoms with Gasteiger partial charge in [0.15, 0.2) is 0 Å². The Labute approximate surface area is 228 Å². The second-order valence-electron chi connectivity index (χ2n) is 9.78. The van der Waals surface area contributed by atoms with E-state index in [0.29, 0.717) is 18.7 Å². The number of aliphatic imine (C=N–C) groups is 1. The Kier molecular flexibility index (Phi) is 8.80. The number of hydrogen-bond donors (Lipinski definition) is 1. The monoisotopic (exact) mass is 594 g/mol. The van der Waals surface area contributed by atoms with Gasteiger partial charge in [0, 0.05) is 28.8 Å². The van der Waals surface area contributed by atoms with E-state index in [1.54, 1.807) is 0 Å². The first-order chi connectivity index (χ1) is 17.4. The minimum absolute atomic E-state index is 0.0259. The summed E-state index contributed by atoms with van der Waals surface area (Å²) in [5.41, 5.74) is 11.2. The van der Waals surface area contributed by atoms with Crippen molar-refractivity contribution in [1.29, 1.82) is 0 Å². The van der Waals surface area contributed by atoms with Gasteiger partial charge in [0.2, 0.25) is 0 Å². The standard InChI is InChI=1S/C30H35IN4O/c1-21(2)28(35(17-7-16-32)30(36)24-12-10-22(3)11-13-24)29-33-27-18-26(31)15-14-25(27)20-34(29)19-23-8-5-4-6-9-23/h4-6,8-15,18,21,28H,7,16-17,19-20,32H2,1-3H3/t28-/m1/s1. The lowest BCUT2D eigenvalue weighted by atomic mass is 9.96. The highest BCUT2D eigenvalue weighted by Gasteiger charge is 2.36. The zero-order valence-electron chi connectivity index (χ0n) is 21.3. The van der Waals surface area contributed by atoms with E-state index in [1.807, 2.05) is 42.2 Å². The average Bonchev–Trinajstić information content (AvgIpc) is 2.87. The minimum atomic E-state index is -0.180. The van der Waals surface area contributed by atoms with Crippen LogP contribution in [0.4, 0.5) is 5.69 Å². The molecule has 1 amide bonds. The number of hydrogen-bond acceptors (Lipinski definition) is 4. The number of carbonyl (C=O) groups is 1. The highest BCUT2D eigenvalue weighted by atomic mass is 127. The molecule has 4 rings (SSSR count). The molecule has 0 spiro atoms. The van der Waals surface area contributed by atoms with Crippen LogP contribution in [0.15, 0.2) is 77.8 Å². The smallest absolute Gasteiger partial charge is 0.254 e. The average molecular weight is 595 g/mol. The summed E-state index contributed by atoms with van der Waals surface area (Å²) in [7, 11) is 0. The van der Waals surface area contributed by atoms with Crippen LogP contribution in [0.5, 0.6) is 0 Å². The Balaban J connectivity index is 1.79. The van der Waals surface area contributed by atoms with Gasteiger partial charge in [-0.25, -0.2) is 4.99 Å². The summed E-state index contributed by atoms with van der Waals surface area (Å²) in [6.45, 7) is 9.00. The van der Waals surface area contributed by atoms with Crippen LogP contribution in [0, 0.1) is 16.4 Å². The number of nitrogens with zero attached hydrogens (tertiary/aromatic N) is 3. The molecule has 1 atom stereocenters. The zero-order chi connectivity index (χ0) is 25.7. The quantitative estimate of drug-likeness (QED) is 0.302. The van der Waals surface area contributed by atoms with E-state index in [4.69, 9.17) is 10.7 Å². The molecule has 0 bridgehead atoms. The van der Waals surface area contributed by atoms with Gasteiger partial charge in [-0.05, 0) is 83.8 Å². The summed E-state index contributed by atoms with van der Waals surface area (Å²) in [5.74, 6) is 1.14. The van der Waals surface area contributed by atoms with Gasteiger partial charge in [0.25, 0.3) is 5.91 Å². The molecule has 5 nitrogen and oxygen atoms in total. The van der Waals surface area contributed by atoms with Crippen molar-refractivity contribution in [3.8, 4) is 0 Å². The van der Waals surface area contributed by atoms with Crippen LogP contribution in [0.1, 0.15) is 47.3 Å². The maximum Gasteiger partial charge on any atom is 0.254 e. The molecule has 3 aromatic carbocycles. The Morgan fingerprint density at radius 3 is 2.47 bits per heavy atom. The number of benzene rings is 3. The molecule has 1 aliphatic rings. The summed E-state index contributed by atoms with van der Waals surface area (Å²) in [6.07, 6.45) is 0.737. The Hall–Kier alpha value is -2.71. The highest BCUT2D eigenvalue weighted by Crippen LogP contribution is 2.32. The SMILES string of the molecule is Cc1ccc(C(=O)N(CCCN)[C@@H](C2=Nc3cc(I)ccc3CN2Cc2ccccc2)C(C)C)cc1. The maximum atomic E-state index is 13.9. The second kappa shape index (κ2) is 12.0. The second-order valence-corrected chi connectivity index (χ2v) is 11.0. The van der Waals surface area contributed by atoms with Crippen LogP contribution in [0.3, 0.4) is 0 Å². The molecule has 0 aromatic heterocycles. The van der Waals surface area contributed by atoms with Crippen molar-refractivity contribution < 1.29 is 4.79 Å². The van der Waals surface area contributed by atoms with Crippen LogP contribution < -0.4 is 5.73 Å². The first kappa shape index (κ1) is 26.4. The van der Waals surface area contributed by atoms with Crippen LogP contribution in [0.2, 0.25) is 0 Å². The molecule has 3 aromatic rings. The predicted octanol–water partition coefficient (Wildman–Crippen LogP) is 6.16. The number of rotatable bonds is 9. The van der Waals surface area contributed by atoms with E-state index in [-0.39, 0.29) is 17.9 Å². The fraction of sp³-hybridized carbons (Fsp3) is 0.333. The van der Waals surface area contributed by atoms with E-state index >= 15 is 0 Å². The van der Waals surface area contributed by atoms with Crippen molar-refractivity contribution in [2.45, 2.75) is 46.3 Å². The first-order valence-electron chi connectivity index (χ1n) is 12.6. The summed E-state index contributed by atoms with van der Waals surface area (Å²) in [4.78, 5) is 23.5. The van der Waals surface area contributed by atoms with Crippen LogP contribution in [-0.2, 0) is 13.1 Å². The molecule has 0 radical (unpaired) electrons. The molecule has 188 valence electrons. The van der Waals surface area contributed by atoms with E-state index in [9.17, 15) is 4.79 Å². The molecule has 0 fully saturated rings. The molecule has 1 aliphatic heterocycles. The van der Waals surface area contributed by atoms with Gasteiger partial charge in [-0.15, -0.1) is 0 Å². The normalized spacial score (nSPS) is 13.8. The number of amidine groups is 1. The highest BCUT2D eigenvalue weighted by molar-refractivity contribution is 14.1. The number of halogens is 1. The van der Waals surface area contributed by atoms with Crippen molar-refractivity contribution in [2.24, 2.45) is 16.6 Å². The number of fused-ring (bicyclic) bond motifs is 1. The van der Waals surface area contributed by atoms with Crippen LogP contribution >= 0.6 is 22.6 Å². The largest absolute Gasteiger partial charge is 0.350 e. The van der Waals surface area contributed by atoms with E-state index in [2.05, 4.69) is 83.8 Å². The molecular formula is C30H35IN4O. The van der Waals surface area contributed by atoms with Gasteiger partial charge in [0.05, 0.1) is 11.7 Å². The Bertz CT molecular complexity index is 1210. The third kappa shape index (κ3) is 6.16. The fourth-order valence-electron chi connectivity index (χ4n) is 4.74. The van der Waals surface area contributed by atoms with E-state index in [0.717, 1.165) is 40.2 Å². The van der Waals surface area contributed by atoms with Gasteiger partial charge in [-0.3, -0.25) is 4.79 Å². The molecule has 0 unspecified atom stereocenters. The van der Waals surface area contributed by atoms with Crippen LogP contribution in [0.25, 0.3) is 0 Å². The lowest BCUT2D eigenvalue weighted by Crippen LogP contribution is -2.54. The predicted molar refractivity (Wildman–Crippen MR) is 156 cm³/mol. The van der Waals surface area contributed by atoms with E-state index in [1.165, 1.54) is 11.1 Å². The lowest BCUT2D eigenvalue weighted by Gasteiger charge is -2.41. The Morgan fingerprint density at radius 2 is 1.81 bits per heavy atom. The van der Waals surface area contributed by atoms with Crippen LogP contribution in [-0.4, -0.2) is 40.7 Å². The van der Waals surface area contributed by atoms with Gasteiger partial charge in [-0.1, -0.05) is 67.9 Å². The third-order valence-electron chi connectivity index (χ3n) is 6.58. The molecule has 0 aliphatic carbocycles. The number of amides is 1. The van der Waals surface area contributed by atoms with E-state index < -0.39 is 0 Å². The summed E-state index contributed by atoms with van der Waals surface area (Å²) in [6, 6.07) is 24.6. The van der Waals surface area contributed by atoms with Crippen molar-refractivity contribution >= 4 is 40.0 Å². The lowest BCUT2D eigenvalue weighted by molar-refractivity contribution is 0.0678. The number of carbonyl (C=O) groups excluding carboxylic acids is 1. The third-order valence-corrected chi connectivity index (χ3v) is 7.25. The van der Waals surface area contributed by atoms with Crippen molar-refractivity contribution in [3.63, 3.8) is 0 Å².